The molecule has 6 nitrogen and oxygen atoms in total. The quantitative estimate of drug-likeness (QED) is 0.798. The molecular formula is C15H19ClN4O2. The average Bonchev–Trinajstić information content (AvgIpc) is 2.44. The van der Waals surface area contributed by atoms with Crippen LogP contribution in [0.4, 0.5) is 5.69 Å². The summed E-state index contributed by atoms with van der Waals surface area (Å²) in [4.78, 5) is 25.0. The number of carbonyl (C=O) groups is 2. The molecule has 2 N–H and O–H groups in total. The van der Waals surface area contributed by atoms with E-state index in [1.54, 1.807) is 24.1 Å². The number of hydrogen-bond donors (Lipinski definition) is 2. The van der Waals surface area contributed by atoms with Crippen LogP contribution >= 0.6 is 11.6 Å². The second kappa shape index (κ2) is 9.03. The van der Waals surface area contributed by atoms with Crippen molar-refractivity contribution in [2.45, 2.75) is 13.3 Å². The van der Waals surface area contributed by atoms with E-state index >= 15 is 0 Å². The Labute approximate surface area is 135 Å². The fourth-order valence-electron chi connectivity index (χ4n) is 1.75. The monoisotopic (exact) mass is 322 g/mol. The SMILES string of the molecule is CCCNC(=O)CN(C)CC(=O)Nc1ccc(C#N)c(Cl)c1. The van der Waals surface area contributed by atoms with Crippen LogP contribution in [-0.4, -0.2) is 43.4 Å². The number of anilines is 1. The molecule has 0 aromatic heterocycles. The smallest absolute Gasteiger partial charge is 0.238 e. The standard InChI is InChI=1S/C15H19ClN4O2/c1-3-6-18-14(21)9-20(2)10-15(22)19-12-5-4-11(8-17)13(16)7-12/h4-5,7H,3,6,9-10H2,1-2H3,(H,18,21)(H,19,22). The van der Waals surface area contributed by atoms with Gasteiger partial charge in [0.15, 0.2) is 0 Å². The lowest BCUT2D eigenvalue weighted by molar-refractivity contribution is -0.122. The lowest BCUT2D eigenvalue weighted by Gasteiger charge is -2.16. The third-order valence-corrected chi connectivity index (χ3v) is 3.09. The van der Waals surface area contributed by atoms with Crippen LogP contribution < -0.4 is 10.6 Å². The predicted octanol–water partition coefficient (Wildman–Crippen LogP) is 1.61. The molecule has 0 heterocycles. The highest BCUT2D eigenvalue weighted by Crippen LogP contribution is 2.20. The van der Waals surface area contributed by atoms with Gasteiger partial charge in [0.25, 0.3) is 0 Å². The summed E-state index contributed by atoms with van der Waals surface area (Å²) in [7, 11) is 1.69. The number of nitrogens with zero attached hydrogens (tertiary/aromatic N) is 2. The van der Waals surface area contributed by atoms with E-state index in [0.29, 0.717) is 17.8 Å². The van der Waals surface area contributed by atoms with Gasteiger partial charge in [0, 0.05) is 12.2 Å². The highest BCUT2D eigenvalue weighted by Gasteiger charge is 2.11. The fraction of sp³-hybridized carbons (Fsp3) is 0.400. The summed E-state index contributed by atoms with van der Waals surface area (Å²) in [5.74, 6) is -0.370. The minimum Gasteiger partial charge on any atom is -0.355 e. The Morgan fingerprint density at radius 2 is 2.00 bits per heavy atom. The maximum Gasteiger partial charge on any atom is 0.238 e. The molecule has 0 saturated heterocycles. The molecule has 1 rings (SSSR count). The molecule has 1 aromatic carbocycles. The minimum atomic E-state index is -0.258. The number of nitrogens with one attached hydrogen (secondary N) is 2. The van der Waals surface area contributed by atoms with Crippen LogP contribution in [0.1, 0.15) is 18.9 Å². The van der Waals surface area contributed by atoms with Gasteiger partial charge in [0.05, 0.1) is 23.7 Å². The topological polar surface area (TPSA) is 85.2 Å². The highest BCUT2D eigenvalue weighted by atomic mass is 35.5. The van der Waals surface area contributed by atoms with Crippen LogP contribution in [0.5, 0.6) is 0 Å². The molecule has 0 unspecified atom stereocenters. The zero-order valence-corrected chi connectivity index (χ0v) is 13.4. The van der Waals surface area contributed by atoms with E-state index in [9.17, 15) is 9.59 Å². The number of benzene rings is 1. The summed E-state index contributed by atoms with van der Waals surface area (Å²) in [5, 5.41) is 14.5. The molecule has 0 spiro atoms. The van der Waals surface area contributed by atoms with Gasteiger partial charge in [-0.1, -0.05) is 18.5 Å². The molecule has 7 heteroatoms. The van der Waals surface area contributed by atoms with Crippen molar-refractivity contribution in [2.24, 2.45) is 0 Å². The Bertz CT molecular complexity index is 583. The molecular weight excluding hydrogens is 304 g/mol. The van der Waals surface area contributed by atoms with E-state index < -0.39 is 0 Å². The second-order valence-corrected chi connectivity index (χ2v) is 5.28. The van der Waals surface area contributed by atoms with Gasteiger partial charge < -0.3 is 10.6 Å². The highest BCUT2D eigenvalue weighted by molar-refractivity contribution is 6.32. The number of carbonyl (C=O) groups excluding carboxylic acids is 2. The van der Waals surface area contributed by atoms with Crippen molar-refractivity contribution in [3.05, 3.63) is 28.8 Å². The van der Waals surface area contributed by atoms with Gasteiger partial charge in [-0.3, -0.25) is 14.5 Å². The molecule has 0 atom stereocenters. The number of nitriles is 1. The Morgan fingerprint density at radius 1 is 1.32 bits per heavy atom. The van der Waals surface area contributed by atoms with Gasteiger partial charge in [0.2, 0.25) is 11.8 Å². The molecule has 0 bridgehead atoms. The van der Waals surface area contributed by atoms with Crippen molar-refractivity contribution >= 4 is 29.1 Å². The van der Waals surface area contributed by atoms with Crippen LogP contribution in [-0.2, 0) is 9.59 Å². The van der Waals surface area contributed by atoms with Gasteiger partial charge in [-0.05, 0) is 31.7 Å². The number of rotatable bonds is 7. The number of likely N-dealkylation sites (N-methyl/N-ethyl adjacent to an activating group) is 1. The van der Waals surface area contributed by atoms with Crippen LogP contribution in [0.25, 0.3) is 0 Å². The Hall–Kier alpha value is -2.10. The largest absolute Gasteiger partial charge is 0.355 e. The van der Waals surface area contributed by atoms with Crippen LogP contribution in [0, 0.1) is 11.3 Å². The van der Waals surface area contributed by atoms with Crippen molar-refractivity contribution in [3.63, 3.8) is 0 Å². The van der Waals surface area contributed by atoms with Gasteiger partial charge in [-0.15, -0.1) is 0 Å². The Morgan fingerprint density at radius 3 is 2.59 bits per heavy atom. The van der Waals surface area contributed by atoms with E-state index in [1.807, 2.05) is 13.0 Å². The maximum atomic E-state index is 11.9. The normalized spacial score (nSPS) is 10.1. The van der Waals surface area contributed by atoms with E-state index in [0.717, 1.165) is 6.42 Å². The molecule has 0 aliphatic rings. The lowest BCUT2D eigenvalue weighted by Crippen LogP contribution is -2.39. The maximum absolute atomic E-state index is 11.9. The van der Waals surface area contributed by atoms with E-state index in [2.05, 4.69) is 10.6 Å². The average molecular weight is 323 g/mol. The first-order valence-electron chi connectivity index (χ1n) is 6.91. The van der Waals surface area contributed by atoms with Crippen molar-refractivity contribution in [3.8, 4) is 6.07 Å². The minimum absolute atomic E-state index is 0.0805. The molecule has 118 valence electrons. The Kier molecular flexibility index (Phi) is 7.37. The van der Waals surface area contributed by atoms with Crippen LogP contribution in [0.3, 0.4) is 0 Å². The number of amides is 2. The predicted molar refractivity (Wildman–Crippen MR) is 85.6 cm³/mol. The molecule has 0 saturated carbocycles. The molecule has 22 heavy (non-hydrogen) atoms. The third kappa shape index (κ3) is 6.12. The summed E-state index contributed by atoms with van der Waals surface area (Å²) in [6, 6.07) is 6.62. The first kappa shape index (κ1) is 18.0. The van der Waals surface area contributed by atoms with Crippen LogP contribution in [0.15, 0.2) is 18.2 Å². The molecule has 0 aliphatic carbocycles. The van der Waals surface area contributed by atoms with Crippen molar-refractivity contribution in [1.82, 2.24) is 10.2 Å². The molecule has 0 radical (unpaired) electrons. The van der Waals surface area contributed by atoms with Crippen LogP contribution in [0.2, 0.25) is 5.02 Å². The first-order chi connectivity index (χ1) is 10.5. The molecule has 1 aromatic rings. The zero-order valence-electron chi connectivity index (χ0n) is 12.6. The summed E-state index contributed by atoms with van der Waals surface area (Å²) >= 11 is 5.90. The molecule has 0 aliphatic heterocycles. The number of hydrogen-bond acceptors (Lipinski definition) is 4. The summed E-state index contributed by atoms with van der Waals surface area (Å²) in [5.41, 5.74) is 0.863. The van der Waals surface area contributed by atoms with Gasteiger partial charge in [-0.2, -0.15) is 5.26 Å². The fourth-order valence-corrected chi connectivity index (χ4v) is 1.97. The molecule has 2 amide bonds. The molecule has 0 fully saturated rings. The second-order valence-electron chi connectivity index (χ2n) is 4.88. The van der Waals surface area contributed by atoms with Crippen molar-refractivity contribution < 1.29 is 9.59 Å². The third-order valence-electron chi connectivity index (χ3n) is 2.77. The van der Waals surface area contributed by atoms with E-state index in [1.165, 1.54) is 6.07 Å². The number of halogens is 1. The van der Waals surface area contributed by atoms with Gasteiger partial charge in [-0.25, -0.2) is 0 Å². The Balaban J connectivity index is 2.47. The first-order valence-corrected chi connectivity index (χ1v) is 7.28. The van der Waals surface area contributed by atoms with E-state index in [4.69, 9.17) is 16.9 Å². The summed E-state index contributed by atoms with van der Waals surface area (Å²) in [6.07, 6.45) is 0.870. The summed E-state index contributed by atoms with van der Waals surface area (Å²) < 4.78 is 0. The lowest BCUT2D eigenvalue weighted by atomic mass is 10.2. The van der Waals surface area contributed by atoms with Crippen molar-refractivity contribution in [1.29, 1.82) is 5.26 Å². The summed E-state index contributed by atoms with van der Waals surface area (Å²) in [6.45, 7) is 2.83. The van der Waals surface area contributed by atoms with Crippen molar-refractivity contribution in [2.75, 3.05) is 32.0 Å². The van der Waals surface area contributed by atoms with E-state index in [-0.39, 0.29) is 29.9 Å². The zero-order chi connectivity index (χ0) is 16.5. The van der Waals surface area contributed by atoms with Gasteiger partial charge >= 0.3 is 0 Å². The van der Waals surface area contributed by atoms with Gasteiger partial charge in [0.1, 0.15) is 6.07 Å².